The Kier molecular flexibility index (Phi) is 3.70. The number of furan rings is 1. The number of hydrogen-bond acceptors (Lipinski definition) is 4. The fourth-order valence-electron chi connectivity index (χ4n) is 0.813. The lowest BCUT2D eigenvalue weighted by molar-refractivity contribution is -0.125. The fourth-order valence-corrected chi connectivity index (χ4v) is 0.960. The van der Waals surface area contributed by atoms with Crippen molar-refractivity contribution in [3.05, 3.63) is 23.1 Å². The summed E-state index contributed by atoms with van der Waals surface area (Å²) in [6.07, 6.45) is -1.42. The molecule has 0 saturated carbocycles. The number of halogens is 1. The van der Waals surface area contributed by atoms with E-state index in [9.17, 15) is 9.59 Å². The first kappa shape index (κ1) is 11.5. The maximum Gasteiger partial charge on any atom is 0.287 e. The lowest BCUT2D eigenvalue weighted by Crippen LogP contribution is -2.39. The third-order valence-electron chi connectivity index (χ3n) is 1.58. The molecule has 0 aliphatic heterocycles. The van der Waals surface area contributed by atoms with Crippen LogP contribution in [0.3, 0.4) is 0 Å². The Morgan fingerprint density at radius 2 is 2.27 bits per heavy atom. The molecule has 1 heterocycles. The molecule has 0 bridgehead atoms. The molecule has 0 saturated heterocycles. The van der Waals surface area contributed by atoms with E-state index < -0.39 is 17.9 Å². The molecule has 0 spiro atoms. The third-order valence-corrected chi connectivity index (χ3v) is 1.78. The Balaban J connectivity index is 2.47. The van der Waals surface area contributed by atoms with Gasteiger partial charge < -0.3 is 20.6 Å². The minimum atomic E-state index is -1.42. The highest BCUT2D eigenvalue weighted by Crippen LogP contribution is 2.12. The van der Waals surface area contributed by atoms with Gasteiger partial charge in [0.1, 0.15) is 6.10 Å². The van der Waals surface area contributed by atoms with Crippen LogP contribution in [0.5, 0.6) is 0 Å². The zero-order valence-corrected chi connectivity index (χ0v) is 8.32. The van der Waals surface area contributed by atoms with E-state index in [0.717, 1.165) is 0 Å². The standard InChI is InChI=1S/C8H9ClN2O4/c9-6-2-1-5(15-6)8(14)11-3-4(12)7(10)13/h1-2,4,12H,3H2,(H2,10,13)(H,11,14). The Labute approximate surface area is 90.0 Å². The van der Waals surface area contributed by atoms with E-state index in [2.05, 4.69) is 5.32 Å². The lowest BCUT2D eigenvalue weighted by Gasteiger charge is -2.06. The van der Waals surface area contributed by atoms with Gasteiger partial charge in [-0.15, -0.1) is 0 Å². The number of rotatable bonds is 4. The summed E-state index contributed by atoms with van der Waals surface area (Å²) in [5.74, 6) is -1.49. The second-order valence-corrected chi connectivity index (χ2v) is 3.10. The summed E-state index contributed by atoms with van der Waals surface area (Å²) in [7, 11) is 0. The van der Waals surface area contributed by atoms with E-state index in [1.54, 1.807) is 0 Å². The monoisotopic (exact) mass is 232 g/mol. The minimum Gasteiger partial charge on any atom is -0.440 e. The number of amides is 2. The van der Waals surface area contributed by atoms with Gasteiger partial charge in [0.15, 0.2) is 11.0 Å². The van der Waals surface area contributed by atoms with Crippen molar-refractivity contribution >= 4 is 23.4 Å². The summed E-state index contributed by atoms with van der Waals surface area (Å²) >= 11 is 5.45. The van der Waals surface area contributed by atoms with Gasteiger partial charge in [0.2, 0.25) is 5.91 Å². The highest BCUT2D eigenvalue weighted by atomic mass is 35.5. The molecular weight excluding hydrogens is 224 g/mol. The molecular formula is C8H9ClN2O4. The molecule has 6 nitrogen and oxygen atoms in total. The predicted molar refractivity (Wildman–Crippen MR) is 51.3 cm³/mol. The average molecular weight is 233 g/mol. The molecule has 0 aromatic carbocycles. The molecule has 0 aliphatic rings. The van der Waals surface area contributed by atoms with E-state index in [1.165, 1.54) is 12.1 Å². The average Bonchev–Trinajstić information content (AvgIpc) is 2.60. The van der Waals surface area contributed by atoms with Crippen molar-refractivity contribution in [3.8, 4) is 0 Å². The van der Waals surface area contributed by atoms with Crippen LogP contribution in [0.25, 0.3) is 0 Å². The number of carbonyl (C=O) groups is 2. The van der Waals surface area contributed by atoms with E-state index in [1.807, 2.05) is 0 Å². The summed E-state index contributed by atoms with van der Waals surface area (Å²) in [5, 5.41) is 11.3. The van der Waals surface area contributed by atoms with Crippen LogP contribution >= 0.6 is 11.6 Å². The van der Waals surface area contributed by atoms with Gasteiger partial charge in [0, 0.05) is 0 Å². The van der Waals surface area contributed by atoms with Crippen molar-refractivity contribution in [3.63, 3.8) is 0 Å². The number of nitrogens with one attached hydrogen (secondary N) is 1. The molecule has 1 rings (SSSR count). The van der Waals surface area contributed by atoms with Crippen LogP contribution in [0.1, 0.15) is 10.6 Å². The van der Waals surface area contributed by atoms with Gasteiger partial charge in [0.05, 0.1) is 6.54 Å². The van der Waals surface area contributed by atoms with Crippen LogP contribution < -0.4 is 11.1 Å². The second kappa shape index (κ2) is 4.81. The first-order chi connectivity index (χ1) is 7.00. The normalized spacial score (nSPS) is 12.1. The van der Waals surface area contributed by atoms with Crippen molar-refractivity contribution < 1.29 is 19.1 Å². The Morgan fingerprint density at radius 3 is 2.73 bits per heavy atom. The number of carbonyl (C=O) groups excluding carboxylic acids is 2. The zero-order chi connectivity index (χ0) is 11.4. The number of hydrogen-bond donors (Lipinski definition) is 3. The van der Waals surface area contributed by atoms with Gasteiger partial charge in [-0.2, -0.15) is 0 Å². The molecule has 1 unspecified atom stereocenters. The molecule has 0 radical (unpaired) electrons. The van der Waals surface area contributed by atoms with Gasteiger partial charge in [-0.3, -0.25) is 9.59 Å². The Hall–Kier alpha value is -1.53. The SMILES string of the molecule is NC(=O)C(O)CNC(=O)c1ccc(Cl)o1. The summed E-state index contributed by atoms with van der Waals surface area (Å²) in [6, 6.07) is 2.77. The van der Waals surface area contributed by atoms with Crippen molar-refractivity contribution in [2.24, 2.45) is 5.73 Å². The summed E-state index contributed by atoms with van der Waals surface area (Å²) in [4.78, 5) is 21.7. The minimum absolute atomic E-state index is 0.00308. The van der Waals surface area contributed by atoms with Crippen LogP contribution in [0.15, 0.2) is 16.5 Å². The van der Waals surface area contributed by atoms with Crippen LogP contribution in [0.4, 0.5) is 0 Å². The number of aliphatic hydroxyl groups excluding tert-OH is 1. The maximum absolute atomic E-state index is 11.3. The van der Waals surface area contributed by atoms with Gasteiger partial charge in [-0.25, -0.2) is 0 Å². The van der Waals surface area contributed by atoms with E-state index in [4.69, 9.17) is 26.9 Å². The summed E-state index contributed by atoms with van der Waals surface area (Å²) < 4.78 is 4.79. The lowest BCUT2D eigenvalue weighted by atomic mass is 10.3. The number of primary amides is 1. The highest BCUT2D eigenvalue weighted by molar-refractivity contribution is 6.29. The second-order valence-electron chi connectivity index (χ2n) is 2.73. The number of aliphatic hydroxyl groups is 1. The van der Waals surface area contributed by atoms with Crippen LogP contribution in [-0.2, 0) is 4.79 Å². The molecule has 7 heteroatoms. The molecule has 15 heavy (non-hydrogen) atoms. The Morgan fingerprint density at radius 1 is 1.60 bits per heavy atom. The van der Waals surface area contributed by atoms with Crippen molar-refractivity contribution in [2.45, 2.75) is 6.10 Å². The summed E-state index contributed by atoms with van der Waals surface area (Å²) in [5.41, 5.74) is 4.78. The quantitative estimate of drug-likeness (QED) is 0.651. The molecule has 1 aromatic rings. The van der Waals surface area contributed by atoms with Crippen LogP contribution in [0.2, 0.25) is 5.22 Å². The first-order valence-electron chi connectivity index (χ1n) is 4.01. The van der Waals surface area contributed by atoms with Gasteiger partial charge in [0.25, 0.3) is 5.91 Å². The molecule has 2 amide bonds. The van der Waals surface area contributed by atoms with Crippen molar-refractivity contribution in [1.29, 1.82) is 0 Å². The fraction of sp³-hybridized carbons (Fsp3) is 0.250. The van der Waals surface area contributed by atoms with Crippen LogP contribution in [-0.4, -0.2) is 29.6 Å². The third kappa shape index (κ3) is 3.26. The largest absolute Gasteiger partial charge is 0.440 e. The molecule has 0 aliphatic carbocycles. The Bertz CT molecular complexity index is 376. The molecule has 82 valence electrons. The van der Waals surface area contributed by atoms with Gasteiger partial charge >= 0.3 is 0 Å². The smallest absolute Gasteiger partial charge is 0.287 e. The van der Waals surface area contributed by atoms with Gasteiger partial charge in [-0.1, -0.05) is 0 Å². The van der Waals surface area contributed by atoms with E-state index >= 15 is 0 Å². The van der Waals surface area contributed by atoms with E-state index in [-0.39, 0.29) is 17.5 Å². The molecule has 4 N–H and O–H groups in total. The van der Waals surface area contributed by atoms with Gasteiger partial charge in [-0.05, 0) is 23.7 Å². The molecule has 1 aromatic heterocycles. The molecule has 1 atom stereocenters. The van der Waals surface area contributed by atoms with Crippen molar-refractivity contribution in [2.75, 3.05) is 6.54 Å². The number of nitrogens with two attached hydrogens (primary N) is 1. The van der Waals surface area contributed by atoms with E-state index in [0.29, 0.717) is 0 Å². The zero-order valence-electron chi connectivity index (χ0n) is 7.57. The van der Waals surface area contributed by atoms with Crippen LogP contribution in [0, 0.1) is 0 Å². The maximum atomic E-state index is 11.3. The van der Waals surface area contributed by atoms with Crippen molar-refractivity contribution in [1.82, 2.24) is 5.32 Å². The first-order valence-corrected chi connectivity index (χ1v) is 4.39. The predicted octanol–water partition coefficient (Wildman–Crippen LogP) is -0.491. The highest BCUT2D eigenvalue weighted by Gasteiger charge is 2.15. The topological polar surface area (TPSA) is 106 Å². The summed E-state index contributed by atoms with van der Waals surface area (Å²) in [6.45, 7) is -0.271. The molecule has 0 fully saturated rings.